The summed E-state index contributed by atoms with van der Waals surface area (Å²) in [6.45, 7) is 7.32. The van der Waals surface area contributed by atoms with E-state index in [1.165, 1.54) is 12.8 Å². The Kier molecular flexibility index (Phi) is 6.09. The number of carbonyl (C=O) groups excluding carboxylic acids is 1. The lowest BCUT2D eigenvalue weighted by Gasteiger charge is -2.22. The summed E-state index contributed by atoms with van der Waals surface area (Å²) in [6, 6.07) is 0. The van der Waals surface area contributed by atoms with E-state index >= 15 is 0 Å². The van der Waals surface area contributed by atoms with Gasteiger partial charge in [0, 0.05) is 13.0 Å². The molecule has 0 aromatic rings. The van der Waals surface area contributed by atoms with Gasteiger partial charge in [-0.05, 0) is 32.1 Å². The van der Waals surface area contributed by atoms with Gasteiger partial charge >= 0.3 is 5.97 Å². The van der Waals surface area contributed by atoms with Crippen LogP contribution in [0.15, 0.2) is 0 Å². The van der Waals surface area contributed by atoms with Crippen LogP contribution in [0.5, 0.6) is 0 Å². The van der Waals surface area contributed by atoms with Crippen molar-refractivity contribution in [1.82, 2.24) is 0 Å². The SMILES string of the molecule is CCCC(C)COC1CCC(N)(C(=O)OCC)C1. The highest BCUT2D eigenvalue weighted by molar-refractivity contribution is 5.81. The van der Waals surface area contributed by atoms with Crippen LogP contribution in [-0.2, 0) is 14.3 Å². The second kappa shape index (κ2) is 7.10. The van der Waals surface area contributed by atoms with Crippen molar-refractivity contribution in [2.75, 3.05) is 13.2 Å². The Morgan fingerprint density at radius 3 is 2.83 bits per heavy atom. The molecule has 18 heavy (non-hydrogen) atoms. The third-order valence-corrected chi connectivity index (χ3v) is 3.58. The molecule has 4 nitrogen and oxygen atoms in total. The van der Waals surface area contributed by atoms with Crippen molar-refractivity contribution in [2.45, 2.75) is 64.5 Å². The van der Waals surface area contributed by atoms with E-state index < -0.39 is 5.54 Å². The summed E-state index contributed by atoms with van der Waals surface area (Å²) >= 11 is 0. The van der Waals surface area contributed by atoms with Gasteiger partial charge in [-0.3, -0.25) is 4.79 Å². The van der Waals surface area contributed by atoms with Crippen molar-refractivity contribution < 1.29 is 14.3 Å². The lowest BCUT2D eigenvalue weighted by molar-refractivity contribution is -0.149. The second-order valence-electron chi connectivity index (χ2n) is 5.47. The molecule has 0 aromatic heterocycles. The molecule has 4 heteroatoms. The van der Waals surface area contributed by atoms with Crippen molar-refractivity contribution >= 4 is 5.97 Å². The summed E-state index contributed by atoms with van der Waals surface area (Å²) in [5.74, 6) is 0.295. The Balaban J connectivity index is 2.34. The van der Waals surface area contributed by atoms with E-state index in [-0.39, 0.29) is 12.1 Å². The van der Waals surface area contributed by atoms with E-state index in [0.717, 1.165) is 13.0 Å². The Labute approximate surface area is 110 Å². The van der Waals surface area contributed by atoms with Gasteiger partial charge in [-0.25, -0.2) is 0 Å². The topological polar surface area (TPSA) is 61.5 Å². The average Bonchev–Trinajstić information content (AvgIpc) is 2.71. The number of nitrogens with two attached hydrogens (primary N) is 1. The Morgan fingerprint density at radius 1 is 1.50 bits per heavy atom. The third kappa shape index (κ3) is 4.25. The fourth-order valence-corrected chi connectivity index (χ4v) is 2.51. The molecule has 0 bridgehead atoms. The lowest BCUT2D eigenvalue weighted by Crippen LogP contribution is -2.47. The van der Waals surface area contributed by atoms with Gasteiger partial charge in [0.1, 0.15) is 5.54 Å². The van der Waals surface area contributed by atoms with E-state index in [9.17, 15) is 4.79 Å². The minimum atomic E-state index is -0.825. The molecule has 0 saturated heterocycles. The van der Waals surface area contributed by atoms with Gasteiger partial charge in [-0.15, -0.1) is 0 Å². The molecule has 106 valence electrons. The molecule has 3 atom stereocenters. The van der Waals surface area contributed by atoms with Gasteiger partial charge in [0.2, 0.25) is 0 Å². The zero-order chi connectivity index (χ0) is 13.6. The molecule has 0 amide bonds. The van der Waals surface area contributed by atoms with Gasteiger partial charge in [-0.2, -0.15) is 0 Å². The predicted octanol–water partition coefficient (Wildman–Crippen LogP) is 2.25. The number of hydrogen-bond donors (Lipinski definition) is 1. The quantitative estimate of drug-likeness (QED) is 0.711. The number of rotatable bonds is 7. The average molecular weight is 257 g/mol. The number of carbonyl (C=O) groups is 1. The van der Waals surface area contributed by atoms with E-state index in [2.05, 4.69) is 13.8 Å². The summed E-state index contributed by atoms with van der Waals surface area (Å²) in [4.78, 5) is 11.8. The number of hydrogen-bond acceptors (Lipinski definition) is 4. The highest BCUT2D eigenvalue weighted by Crippen LogP contribution is 2.31. The minimum absolute atomic E-state index is 0.110. The molecule has 1 saturated carbocycles. The number of esters is 1. The van der Waals surface area contributed by atoms with Gasteiger partial charge in [0.05, 0.1) is 12.7 Å². The predicted molar refractivity (Wildman–Crippen MR) is 71.2 cm³/mol. The molecular weight excluding hydrogens is 230 g/mol. The first-order valence-corrected chi connectivity index (χ1v) is 7.09. The highest BCUT2D eigenvalue weighted by Gasteiger charge is 2.43. The van der Waals surface area contributed by atoms with Crippen molar-refractivity contribution in [3.63, 3.8) is 0 Å². The van der Waals surface area contributed by atoms with Gasteiger partial charge in [-0.1, -0.05) is 20.3 Å². The first kappa shape index (κ1) is 15.4. The highest BCUT2D eigenvalue weighted by atomic mass is 16.5. The molecule has 1 aliphatic rings. The van der Waals surface area contributed by atoms with Crippen LogP contribution >= 0.6 is 0 Å². The fraction of sp³-hybridized carbons (Fsp3) is 0.929. The molecule has 3 unspecified atom stereocenters. The normalized spacial score (nSPS) is 29.2. The standard InChI is InChI=1S/C14H27NO3/c1-4-6-11(3)10-18-12-7-8-14(15,9-12)13(16)17-5-2/h11-12H,4-10,15H2,1-3H3. The van der Waals surface area contributed by atoms with Crippen LogP contribution in [0.25, 0.3) is 0 Å². The molecule has 2 N–H and O–H groups in total. The molecule has 1 fully saturated rings. The van der Waals surface area contributed by atoms with E-state index in [0.29, 0.717) is 25.4 Å². The van der Waals surface area contributed by atoms with Gasteiger partial charge in [0.25, 0.3) is 0 Å². The van der Waals surface area contributed by atoms with Gasteiger partial charge in [0.15, 0.2) is 0 Å². The Hall–Kier alpha value is -0.610. The van der Waals surface area contributed by atoms with Crippen molar-refractivity contribution in [3.8, 4) is 0 Å². The minimum Gasteiger partial charge on any atom is -0.465 e. The third-order valence-electron chi connectivity index (χ3n) is 3.58. The smallest absolute Gasteiger partial charge is 0.326 e. The molecule has 0 aliphatic heterocycles. The Bertz CT molecular complexity index is 270. The van der Waals surface area contributed by atoms with Crippen LogP contribution in [0.3, 0.4) is 0 Å². The first-order chi connectivity index (χ1) is 8.51. The summed E-state index contributed by atoms with van der Waals surface area (Å²) in [6.07, 6.45) is 4.58. The van der Waals surface area contributed by atoms with Crippen LogP contribution in [0.4, 0.5) is 0 Å². The van der Waals surface area contributed by atoms with Crippen molar-refractivity contribution in [3.05, 3.63) is 0 Å². The first-order valence-electron chi connectivity index (χ1n) is 7.09. The molecular formula is C14H27NO3. The van der Waals surface area contributed by atoms with Crippen LogP contribution in [0.2, 0.25) is 0 Å². The Morgan fingerprint density at radius 2 is 2.22 bits per heavy atom. The molecule has 0 spiro atoms. The van der Waals surface area contributed by atoms with Crippen LogP contribution in [0, 0.1) is 5.92 Å². The molecule has 0 aromatic carbocycles. The van der Waals surface area contributed by atoms with Crippen LogP contribution in [-0.4, -0.2) is 30.8 Å². The zero-order valence-electron chi connectivity index (χ0n) is 11.9. The lowest BCUT2D eigenvalue weighted by atomic mass is 9.99. The maximum atomic E-state index is 11.8. The van der Waals surface area contributed by atoms with Crippen molar-refractivity contribution in [1.29, 1.82) is 0 Å². The van der Waals surface area contributed by atoms with E-state index in [1.807, 2.05) is 0 Å². The van der Waals surface area contributed by atoms with E-state index in [4.69, 9.17) is 15.2 Å². The summed E-state index contributed by atoms with van der Waals surface area (Å²) in [5, 5.41) is 0. The summed E-state index contributed by atoms with van der Waals surface area (Å²) < 4.78 is 10.9. The van der Waals surface area contributed by atoms with Crippen LogP contribution in [0.1, 0.15) is 52.9 Å². The maximum absolute atomic E-state index is 11.8. The van der Waals surface area contributed by atoms with Crippen molar-refractivity contribution in [2.24, 2.45) is 11.7 Å². The molecule has 1 rings (SSSR count). The van der Waals surface area contributed by atoms with Crippen LogP contribution < -0.4 is 5.73 Å². The summed E-state index contributed by atoms with van der Waals surface area (Å²) in [5.41, 5.74) is 5.26. The maximum Gasteiger partial charge on any atom is 0.326 e. The fourth-order valence-electron chi connectivity index (χ4n) is 2.51. The zero-order valence-corrected chi connectivity index (χ0v) is 11.9. The van der Waals surface area contributed by atoms with E-state index in [1.54, 1.807) is 6.92 Å². The summed E-state index contributed by atoms with van der Waals surface area (Å²) in [7, 11) is 0. The van der Waals surface area contributed by atoms with Gasteiger partial charge < -0.3 is 15.2 Å². The number of ether oxygens (including phenoxy) is 2. The molecule has 0 radical (unpaired) electrons. The monoisotopic (exact) mass is 257 g/mol. The second-order valence-corrected chi connectivity index (χ2v) is 5.47. The molecule has 0 heterocycles. The largest absolute Gasteiger partial charge is 0.465 e. The molecule has 1 aliphatic carbocycles.